The Bertz CT molecular complexity index is 1670. The van der Waals surface area contributed by atoms with E-state index >= 15 is 0 Å². The summed E-state index contributed by atoms with van der Waals surface area (Å²) in [5, 5.41) is 15.2. The minimum Gasteiger partial charge on any atom is -0.512 e. The molecule has 0 saturated heterocycles. The van der Waals surface area contributed by atoms with Crippen molar-refractivity contribution in [2.75, 3.05) is 0 Å². The zero-order chi connectivity index (χ0) is 37.1. The predicted octanol–water partition coefficient (Wildman–Crippen LogP) is 11.7. The van der Waals surface area contributed by atoms with E-state index in [2.05, 4.69) is 127 Å². The monoisotopic (exact) mass is 883 g/mol. The average molecular weight is 883 g/mol. The molecule has 51 heavy (non-hydrogen) atoms. The quantitative estimate of drug-likeness (QED) is 0.0594. The zero-order valence-corrected chi connectivity index (χ0v) is 36.7. The van der Waals surface area contributed by atoms with Crippen molar-refractivity contribution < 1.29 is 30.0 Å². The summed E-state index contributed by atoms with van der Waals surface area (Å²) in [5.74, 6) is 1.82. The van der Waals surface area contributed by atoms with E-state index in [-0.39, 0.29) is 48.9 Å². The molecule has 0 atom stereocenters. The van der Waals surface area contributed by atoms with Gasteiger partial charge in [0.05, 0.1) is 5.76 Å². The van der Waals surface area contributed by atoms with Gasteiger partial charge in [-0.1, -0.05) is 152 Å². The largest absolute Gasteiger partial charge is 0.512 e. The van der Waals surface area contributed by atoms with E-state index in [9.17, 15) is 9.90 Å². The number of benzene rings is 3. The van der Waals surface area contributed by atoms with Crippen LogP contribution in [0.2, 0.25) is 12.1 Å². The molecular weight excluding hydrogens is 819 g/mol. The van der Waals surface area contributed by atoms with Crippen LogP contribution >= 0.6 is 0 Å². The van der Waals surface area contributed by atoms with E-state index in [1.165, 1.54) is 39.5 Å². The Labute approximate surface area is 325 Å². The van der Waals surface area contributed by atoms with Crippen LogP contribution in [-0.2, 0) is 30.3 Å². The molecule has 0 saturated carbocycles. The number of fused-ring (bicyclic) bond motifs is 1. The van der Waals surface area contributed by atoms with Crippen LogP contribution in [-0.4, -0.2) is 23.9 Å². The van der Waals surface area contributed by atoms with E-state index < -0.39 is 8.07 Å². The first kappa shape index (κ1) is 44.3. The molecule has 0 aliphatic carbocycles. The van der Waals surface area contributed by atoms with E-state index in [0.717, 1.165) is 42.3 Å². The van der Waals surface area contributed by atoms with Gasteiger partial charge in [0.15, 0.2) is 5.78 Å². The Hall–Kier alpha value is -2.85. The molecule has 279 valence electrons. The second-order valence-corrected chi connectivity index (χ2v) is 20.1. The number of nitrogens with zero attached hydrogens (tertiary/aromatic N) is 1. The van der Waals surface area contributed by atoms with Crippen LogP contribution in [0.3, 0.4) is 0 Å². The minimum absolute atomic E-state index is 0. The van der Waals surface area contributed by atoms with Gasteiger partial charge in [-0.25, -0.2) is 0 Å². The van der Waals surface area contributed by atoms with Crippen molar-refractivity contribution in [3.63, 3.8) is 0 Å². The van der Waals surface area contributed by atoms with Crippen molar-refractivity contribution in [2.45, 2.75) is 119 Å². The van der Waals surface area contributed by atoms with Crippen molar-refractivity contribution in [1.29, 1.82) is 0 Å². The van der Waals surface area contributed by atoms with Crippen LogP contribution in [0, 0.1) is 29.7 Å². The number of hydrogen-bond donors (Lipinski definition) is 1. The van der Waals surface area contributed by atoms with Crippen molar-refractivity contribution in [1.82, 2.24) is 4.98 Å². The molecule has 5 heteroatoms. The first-order chi connectivity index (χ1) is 23.7. The first-order valence-electron chi connectivity index (χ1n) is 19.1. The maximum atomic E-state index is 11.7. The molecule has 1 heterocycles. The van der Waals surface area contributed by atoms with Gasteiger partial charge < -0.3 is 5.11 Å². The molecule has 3 aromatic carbocycles. The third kappa shape index (κ3) is 11.8. The Kier molecular flexibility index (Phi) is 17.7. The fourth-order valence-electron chi connectivity index (χ4n) is 7.52. The molecule has 0 amide bonds. The Morgan fingerprint density at radius 1 is 0.784 bits per heavy atom. The number of ketones is 1. The van der Waals surface area contributed by atoms with Gasteiger partial charge in [0.2, 0.25) is 0 Å². The summed E-state index contributed by atoms with van der Waals surface area (Å²) in [7, 11) is -2.00. The number of rotatable bonds is 14. The maximum absolute atomic E-state index is 11.7. The summed E-state index contributed by atoms with van der Waals surface area (Å²) >= 11 is 0. The summed E-state index contributed by atoms with van der Waals surface area (Å²) in [6.07, 6.45) is 6.94. The number of pyridine rings is 1. The number of hydrogen-bond acceptors (Lipinski definition) is 3. The standard InChI is InChI=1S/C33H40NSi.C13H24O2.Ir/c1-24(2)22-35(23-25(3)4,28-14-9-8-10-15-28)29-17-18-34-32(21-29)27-19-26-13-11-12-16-30(26)31(20-27)33(5,6)7;1-5-10(6-2)12(14)9-13(15)11(7-3)8-4;/h8-18,20-21,24-25H,22-23H2,1-7H3;9-11,14H,5-8H2,1-4H3;/q-1;;/b;12-9-;. The van der Waals surface area contributed by atoms with Gasteiger partial charge >= 0.3 is 0 Å². The van der Waals surface area contributed by atoms with Crippen LogP contribution < -0.4 is 10.4 Å². The zero-order valence-electron chi connectivity index (χ0n) is 33.3. The summed E-state index contributed by atoms with van der Waals surface area (Å²) in [6, 6.07) is 33.2. The van der Waals surface area contributed by atoms with Gasteiger partial charge in [-0.2, -0.15) is 0 Å². The molecule has 4 rings (SSSR count). The predicted molar refractivity (Wildman–Crippen MR) is 219 cm³/mol. The van der Waals surface area contributed by atoms with Crippen LogP contribution in [0.1, 0.15) is 107 Å². The van der Waals surface area contributed by atoms with Crippen molar-refractivity contribution in [3.8, 4) is 11.3 Å². The average Bonchev–Trinajstić information content (AvgIpc) is 3.08. The van der Waals surface area contributed by atoms with Crippen LogP contribution in [0.15, 0.2) is 90.8 Å². The molecule has 0 aliphatic heterocycles. The van der Waals surface area contributed by atoms with Crippen LogP contribution in [0.25, 0.3) is 22.0 Å². The normalized spacial score (nSPS) is 12.3. The molecule has 4 aromatic rings. The third-order valence-electron chi connectivity index (χ3n) is 10.1. The summed E-state index contributed by atoms with van der Waals surface area (Å²) in [6.45, 7) is 24.4. The van der Waals surface area contributed by atoms with Gasteiger partial charge in [0.1, 0.15) is 8.07 Å². The van der Waals surface area contributed by atoms with E-state index in [0.29, 0.717) is 11.8 Å². The number of carbonyl (C=O) groups is 1. The van der Waals surface area contributed by atoms with Gasteiger partial charge in [0, 0.05) is 49.9 Å². The SMILES string of the molecule is CC(C)C[Si](CC(C)C)(c1ccccc1)c1ccnc(-c2[c-]c3ccccc3c(C(C)(C)C)c2)c1.CCC(CC)C(=O)/C=C(\O)C(CC)CC.[Ir]. The molecular formula is C46H64IrNO2Si-. The van der Waals surface area contributed by atoms with Crippen molar-refractivity contribution >= 4 is 35.0 Å². The second kappa shape index (κ2) is 20.4. The Morgan fingerprint density at radius 3 is 1.86 bits per heavy atom. The van der Waals surface area contributed by atoms with Gasteiger partial charge in [-0.15, -0.1) is 29.1 Å². The molecule has 0 aliphatic rings. The van der Waals surface area contributed by atoms with Gasteiger partial charge in [-0.05, 0) is 61.1 Å². The smallest absolute Gasteiger partial charge is 0.162 e. The van der Waals surface area contributed by atoms with Crippen molar-refractivity contribution in [3.05, 3.63) is 102 Å². The molecule has 1 N–H and O–H groups in total. The Morgan fingerprint density at radius 2 is 1.33 bits per heavy atom. The number of allylic oxidation sites excluding steroid dienone is 2. The number of aliphatic hydroxyl groups is 1. The molecule has 0 spiro atoms. The maximum Gasteiger partial charge on any atom is 0.162 e. The van der Waals surface area contributed by atoms with E-state index in [1.54, 1.807) is 0 Å². The van der Waals surface area contributed by atoms with Gasteiger partial charge in [0.25, 0.3) is 0 Å². The van der Waals surface area contributed by atoms with E-state index in [4.69, 9.17) is 4.98 Å². The number of carbonyl (C=O) groups excluding carboxylic acids is 1. The topological polar surface area (TPSA) is 50.2 Å². The fraction of sp³-hybridized carbons (Fsp3) is 0.478. The molecule has 0 bridgehead atoms. The van der Waals surface area contributed by atoms with Gasteiger partial charge in [-0.3, -0.25) is 9.78 Å². The summed E-state index contributed by atoms with van der Waals surface area (Å²) in [4.78, 5) is 16.6. The minimum atomic E-state index is -2.00. The van der Waals surface area contributed by atoms with Crippen LogP contribution in [0.4, 0.5) is 0 Å². The fourth-order valence-corrected chi connectivity index (χ4v) is 13.4. The molecule has 0 unspecified atom stereocenters. The molecule has 0 fully saturated rings. The summed E-state index contributed by atoms with van der Waals surface area (Å²) < 4.78 is 0. The molecule has 3 nitrogen and oxygen atoms in total. The van der Waals surface area contributed by atoms with E-state index in [1.807, 2.05) is 33.9 Å². The van der Waals surface area contributed by atoms with Crippen LogP contribution in [0.5, 0.6) is 0 Å². The number of aromatic nitrogens is 1. The summed E-state index contributed by atoms with van der Waals surface area (Å²) in [5.41, 5.74) is 3.53. The molecule has 1 radical (unpaired) electrons. The van der Waals surface area contributed by atoms with Crippen molar-refractivity contribution in [2.24, 2.45) is 23.7 Å². The second-order valence-electron chi connectivity index (χ2n) is 16.0. The Balaban J connectivity index is 0.000000479. The number of aliphatic hydroxyl groups excluding tert-OH is 1. The molecule has 1 aromatic heterocycles. The first-order valence-corrected chi connectivity index (χ1v) is 21.5. The third-order valence-corrected chi connectivity index (χ3v) is 16.0.